The number of fused-ring (bicyclic) bond motifs is 1. The highest BCUT2D eigenvalue weighted by atomic mass is 32.2. The molecule has 0 aromatic heterocycles. The van der Waals surface area contributed by atoms with Gasteiger partial charge in [0.25, 0.3) is 0 Å². The van der Waals surface area contributed by atoms with E-state index in [4.69, 9.17) is 4.99 Å². The topological polar surface area (TPSA) is 24.4 Å². The quantitative estimate of drug-likeness (QED) is 0.831. The van der Waals surface area contributed by atoms with Crippen LogP contribution in [0.1, 0.15) is 13.8 Å². The summed E-state index contributed by atoms with van der Waals surface area (Å²) in [6, 6.07) is 15.2. The Morgan fingerprint density at radius 1 is 1.11 bits per heavy atom. The molecule has 2 unspecified atom stereocenters. The molecule has 0 aliphatic carbocycles. The van der Waals surface area contributed by atoms with Crippen molar-refractivity contribution in [2.24, 2.45) is 10.9 Å². The summed E-state index contributed by atoms with van der Waals surface area (Å²) in [4.78, 5) is 4.73. The predicted molar refractivity (Wildman–Crippen MR) is 86.1 cm³/mol. The van der Waals surface area contributed by atoms with Crippen LogP contribution in [0, 0.1) is 5.92 Å². The number of anilines is 1. The number of nitrogens with zero attached hydrogens (tertiary/aromatic N) is 1. The van der Waals surface area contributed by atoms with Crippen LogP contribution in [0.2, 0.25) is 0 Å². The highest BCUT2D eigenvalue weighted by molar-refractivity contribution is 8.14. The molecule has 1 N–H and O–H groups in total. The number of rotatable bonds is 1. The van der Waals surface area contributed by atoms with Gasteiger partial charge < -0.3 is 5.32 Å². The van der Waals surface area contributed by atoms with E-state index in [9.17, 15) is 0 Å². The summed E-state index contributed by atoms with van der Waals surface area (Å²) in [5, 5.41) is 7.04. The van der Waals surface area contributed by atoms with Gasteiger partial charge >= 0.3 is 0 Å². The second-order valence-electron chi connectivity index (χ2n) is 5.11. The summed E-state index contributed by atoms with van der Waals surface area (Å²) < 4.78 is 0. The van der Waals surface area contributed by atoms with Gasteiger partial charge in [0.1, 0.15) is 0 Å². The maximum Gasteiger partial charge on any atom is 0.161 e. The molecule has 3 heteroatoms. The molecule has 0 amide bonds. The molecule has 3 rings (SSSR count). The van der Waals surface area contributed by atoms with Crippen molar-refractivity contribution in [2.45, 2.75) is 19.9 Å². The minimum absolute atomic E-state index is 0.402. The van der Waals surface area contributed by atoms with Crippen LogP contribution >= 0.6 is 11.8 Å². The number of hydrogen-bond donors (Lipinski definition) is 1. The van der Waals surface area contributed by atoms with Gasteiger partial charge in [-0.25, -0.2) is 0 Å². The average Bonchev–Trinajstić information content (AvgIpc) is 2.43. The predicted octanol–water partition coefficient (Wildman–Crippen LogP) is 4.38. The normalized spacial score (nSPS) is 23.2. The van der Waals surface area contributed by atoms with Crippen molar-refractivity contribution in [3.05, 3.63) is 42.5 Å². The van der Waals surface area contributed by atoms with Gasteiger partial charge in [-0.3, -0.25) is 4.99 Å². The molecular weight excluding hydrogens is 252 g/mol. The zero-order chi connectivity index (χ0) is 13.2. The number of hydrogen-bond acceptors (Lipinski definition) is 3. The lowest BCUT2D eigenvalue weighted by atomic mass is 10.1. The molecule has 0 radical (unpaired) electrons. The largest absolute Gasteiger partial charge is 0.334 e. The molecule has 0 saturated heterocycles. The van der Waals surface area contributed by atoms with E-state index in [-0.39, 0.29) is 0 Å². The van der Waals surface area contributed by atoms with Crippen molar-refractivity contribution in [1.82, 2.24) is 0 Å². The minimum atomic E-state index is 0.402. The average molecular weight is 270 g/mol. The van der Waals surface area contributed by atoms with E-state index in [0.717, 1.165) is 16.6 Å². The van der Waals surface area contributed by atoms with E-state index in [1.165, 1.54) is 10.8 Å². The van der Waals surface area contributed by atoms with Crippen LogP contribution in [0.25, 0.3) is 10.8 Å². The maximum atomic E-state index is 4.73. The van der Waals surface area contributed by atoms with Crippen molar-refractivity contribution in [3.63, 3.8) is 0 Å². The standard InChI is InChI=1S/C16H18N2S/c1-11-10-19-16(17-12(11)2)18-15-9-5-7-13-6-3-4-8-14(13)15/h3-9,11-12H,10H2,1-2H3,(H,17,18). The zero-order valence-electron chi connectivity index (χ0n) is 11.3. The molecular formula is C16H18N2S. The second kappa shape index (κ2) is 5.25. The van der Waals surface area contributed by atoms with Crippen molar-refractivity contribution in [1.29, 1.82) is 0 Å². The molecule has 0 saturated carbocycles. The summed E-state index contributed by atoms with van der Waals surface area (Å²) in [6.07, 6.45) is 0. The molecule has 0 fully saturated rings. The highest BCUT2D eigenvalue weighted by Gasteiger charge is 2.19. The van der Waals surface area contributed by atoms with Gasteiger partial charge in [0.05, 0.1) is 6.04 Å². The number of thioether (sulfide) groups is 1. The smallest absolute Gasteiger partial charge is 0.161 e. The van der Waals surface area contributed by atoms with E-state index in [1.54, 1.807) is 0 Å². The van der Waals surface area contributed by atoms with Crippen LogP contribution in [0.3, 0.4) is 0 Å². The molecule has 0 spiro atoms. The molecule has 98 valence electrons. The summed E-state index contributed by atoms with van der Waals surface area (Å²) in [7, 11) is 0. The fourth-order valence-electron chi connectivity index (χ4n) is 2.22. The van der Waals surface area contributed by atoms with Gasteiger partial charge in [-0.05, 0) is 24.3 Å². The molecule has 1 aliphatic rings. The lowest BCUT2D eigenvalue weighted by Crippen LogP contribution is -2.25. The van der Waals surface area contributed by atoms with Crippen LogP contribution in [0.5, 0.6) is 0 Å². The van der Waals surface area contributed by atoms with Crippen molar-refractivity contribution in [2.75, 3.05) is 11.1 Å². The van der Waals surface area contributed by atoms with Gasteiger partial charge in [-0.15, -0.1) is 0 Å². The minimum Gasteiger partial charge on any atom is -0.334 e. The first-order chi connectivity index (χ1) is 9.24. The Bertz CT molecular complexity index is 616. The fourth-order valence-corrected chi connectivity index (χ4v) is 3.34. The lowest BCUT2D eigenvalue weighted by Gasteiger charge is -2.24. The Balaban J connectivity index is 1.92. The Labute approximate surface area is 118 Å². The Morgan fingerprint density at radius 3 is 2.74 bits per heavy atom. The van der Waals surface area contributed by atoms with Crippen molar-refractivity contribution in [3.8, 4) is 0 Å². The number of benzene rings is 2. The summed E-state index contributed by atoms with van der Waals surface area (Å²) >= 11 is 1.82. The summed E-state index contributed by atoms with van der Waals surface area (Å²) in [5.41, 5.74) is 1.14. The third-order valence-electron chi connectivity index (χ3n) is 3.66. The Kier molecular flexibility index (Phi) is 3.47. The van der Waals surface area contributed by atoms with Crippen LogP contribution in [-0.2, 0) is 0 Å². The van der Waals surface area contributed by atoms with Crippen LogP contribution in [0.15, 0.2) is 47.5 Å². The lowest BCUT2D eigenvalue weighted by molar-refractivity contribution is 0.537. The molecule has 2 aromatic carbocycles. The fraction of sp³-hybridized carbons (Fsp3) is 0.312. The van der Waals surface area contributed by atoms with Gasteiger partial charge in [0.15, 0.2) is 5.17 Å². The molecule has 1 aliphatic heterocycles. The molecule has 19 heavy (non-hydrogen) atoms. The first kappa shape index (κ1) is 12.5. The van der Waals surface area contributed by atoms with Gasteiger partial charge in [-0.1, -0.05) is 55.1 Å². The van der Waals surface area contributed by atoms with E-state index in [2.05, 4.69) is 61.6 Å². The number of amidine groups is 1. The van der Waals surface area contributed by atoms with E-state index in [0.29, 0.717) is 12.0 Å². The highest BCUT2D eigenvalue weighted by Crippen LogP contribution is 2.27. The Morgan fingerprint density at radius 2 is 1.89 bits per heavy atom. The van der Waals surface area contributed by atoms with Gasteiger partial charge in [-0.2, -0.15) is 0 Å². The molecule has 2 atom stereocenters. The maximum absolute atomic E-state index is 4.73. The van der Waals surface area contributed by atoms with E-state index in [1.807, 2.05) is 11.8 Å². The third kappa shape index (κ3) is 2.61. The van der Waals surface area contributed by atoms with Gasteiger partial charge in [0.2, 0.25) is 0 Å². The SMILES string of the molecule is CC1CSC(Nc2cccc3ccccc23)=NC1C. The monoisotopic (exact) mass is 270 g/mol. The van der Waals surface area contributed by atoms with Gasteiger partial charge in [0, 0.05) is 16.8 Å². The first-order valence-electron chi connectivity index (χ1n) is 6.69. The molecule has 0 bridgehead atoms. The second-order valence-corrected chi connectivity index (χ2v) is 6.12. The van der Waals surface area contributed by atoms with E-state index >= 15 is 0 Å². The Hall–Kier alpha value is -1.48. The third-order valence-corrected chi connectivity index (χ3v) is 4.83. The van der Waals surface area contributed by atoms with Crippen LogP contribution < -0.4 is 5.32 Å². The molecule has 2 aromatic rings. The summed E-state index contributed by atoms with van der Waals surface area (Å²) in [6.45, 7) is 4.45. The molecule has 2 nitrogen and oxygen atoms in total. The van der Waals surface area contributed by atoms with Crippen molar-refractivity contribution >= 4 is 33.4 Å². The van der Waals surface area contributed by atoms with E-state index < -0.39 is 0 Å². The number of aliphatic imine (C=N–C) groups is 1. The summed E-state index contributed by atoms with van der Waals surface area (Å²) in [5.74, 6) is 1.79. The number of nitrogens with one attached hydrogen (secondary N) is 1. The zero-order valence-corrected chi connectivity index (χ0v) is 12.1. The van der Waals surface area contributed by atoms with Crippen LogP contribution in [-0.4, -0.2) is 17.0 Å². The van der Waals surface area contributed by atoms with Crippen molar-refractivity contribution < 1.29 is 0 Å². The first-order valence-corrected chi connectivity index (χ1v) is 7.68. The molecule has 1 heterocycles. The van der Waals surface area contributed by atoms with Crippen LogP contribution in [0.4, 0.5) is 5.69 Å².